The number of piperazine rings is 1. The molecule has 0 aliphatic carbocycles. The highest BCUT2D eigenvalue weighted by Crippen LogP contribution is 2.34. The molecule has 3 aromatic carbocycles. The van der Waals surface area contributed by atoms with Gasteiger partial charge in [-0.3, -0.25) is 9.69 Å². The molecule has 1 saturated heterocycles. The molecule has 0 saturated carbocycles. The second kappa shape index (κ2) is 9.46. The first kappa shape index (κ1) is 22.4. The third-order valence-corrected chi connectivity index (χ3v) is 6.45. The van der Waals surface area contributed by atoms with E-state index in [9.17, 15) is 9.90 Å². The number of phenols is 1. The van der Waals surface area contributed by atoms with Gasteiger partial charge in [-0.25, -0.2) is 4.98 Å². The Morgan fingerprint density at radius 1 is 1.00 bits per heavy atom. The molecular formula is C26H25ClN4O3. The van der Waals surface area contributed by atoms with Crippen LogP contribution in [0.25, 0.3) is 33.5 Å². The molecule has 0 unspecified atom stereocenters. The van der Waals surface area contributed by atoms with Crippen LogP contribution in [0.3, 0.4) is 0 Å². The molecule has 174 valence electrons. The van der Waals surface area contributed by atoms with Gasteiger partial charge in [-0.2, -0.15) is 0 Å². The van der Waals surface area contributed by atoms with E-state index in [4.69, 9.17) is 16.7 Å². The number of fused-ring (bicyclic) bond motifs is 1. The summed E-state index contributed by atoms with van der Waals surface area (Å²) in [5.74, 6) is 0.618. The van der Waals surface area contributed by atoms with Crippen molar-refractivity contribution in [1.29, 1.82) is 0 Å². The number of aromatic nitrogens is 2. The second-order valence-electron chi connectivity index (χ2n) is 8.42. The van der Waals surface area contributed by atoms with E-state index in [1.807, 2.05) is 53.4 Å². The molecule has 7 nitrogen and oxygen atoms in total. The summed E-state index contributed by atoms with van der Waals surface area (Å²) in [4.78, 5) is 24.9. The van der Waals surface area contributed by atoms with Gasteiger partial charge in [0.05, 0.1) is 23.2 Å². The number of carbonyl (C=O) groups excluding carboxylic acids is 1. The Bertz CT molecular complexity index is 1350. The molecule has 8 heteroatoms. The molecule has 1 aliphatic rings. The molecule has 1 aromatic heterocycles. The number of aliphatic hydroxyl groups is 1. The van der Waals surface area contributed by atoms with Crippen molar-refractivity contribution in [3.63, 3.8) is 0 Å². The first-order chi connectivity index (χ1) is 16.5. The largest absolute Gasteiger partial charge is 0.507 e. The minimum Gasteiger partial charge on any atom is -0.507 e. The molecule has 0 radical (unpaired) electrons. The van der Waals surface area contributed by atoms with Crippen molar-refractivity contribution in [2.45, 2.75) is 0 Å². The van der Waals surface area contributed by atoms with Crippen LogP contribution in [0.15, 0.2) is 60.7 Å². The maximum atomic E-state index is 13.0. The Morgan fingerprint density at radius 3 is 2.56 bits per heavy atom. The molecule has 4 aromatic rings. The number of benzene rings is 3. The summed E-state index contributed by atoms with van der Waals surface area (Å²) in [7, 11) is 0. The zero-order chi connectivity index (χ0) is 23.7. The molecule has 1 amide bonds. The molecule has 0 spiro atoms. The normalized spacial score (nSPS) is 14.6. The quantitative estimate of drug-likeness (QED) is 0.405. The number of hydrogen-bond donors (Lipinski definition) is 3. The number of hydrogen-bond acceptors (Lipinski definition) is 5. The first-order valence-corrected chi connectivity index (χ1v) is 11.6. The maximum Gasteiger partial charge on any atom is 0.254 e. The summed E-state index contributed by atoms with van der Waals surface area (Å²) in [5, 5.41) is 20.3. The van der Waals surface area contributed by atoms with E-state index >= 15 is 0 Å². The number of aliphatic hydroxyl groups excluding tert-OH is 1. The molecular weight excluding hydrogens is 452 g/mol. The molecule has 0 atom stereocenters. The van der Waals surface area contributed by atoms with E-state index in [2.05, 4.69) is 14.9 Å². The third kappa shape index (κ3) is 4.50. The van der Waals surface area contributed by atoms with Crippen molar-refractivity contribution >= 4 is 28.5 Å². The first-order valence-electron chi connectivity index (χ1n) is 11.2. The number of β-amino-alcohol motifs (C(OH)–C–C–N with tert-alkyl or cyclic N) is 1. The van der Waals surface area contributed by atoms with Crippen molar-refractivity contribution < 1.29 is 15.0 Å². The molecule has 1 aliphatic heterocycles. The van der Waals surface area contributed by atoms with Gasteiger partial charge < -0.3 is 20.1 Å². The SMILES string of the molecule is O=C(c1ccc2nc(-c3cc(-c4cccc(Cl)c4)ccc3O)[nH]c2c1)N1CCN(CCO)CC1. The van der Waals surface area contributed by atoms with Crippen molar-refractivity contribution in [3.8, 4) is 28.3 Å². The van der Waals surface area contributed by atoms with Gasteiger partial charge in [-0.15, -0.1) is 0 Å². The Kier molecular flexibility index (Phi) is 6.24. The van der Waals surface area contributed by atoms with Crippen LogP contribution in [-0.2, 0) is 0 Å². The monoisotopic (exact) mass is 476 g/mol. The minimum atomic E-state index is -0.0208. The summed E-state index contributed by atoms with van der Waals surface area (Å²) in [5.41, 5.74) is 4.46. The molecule has 0 bridgehead atoms. The standard InChI is InChI=1S/C26H25ClN4O3/c27-20-3-1-2-17(14-20)18-5-7-24(33)21(15-18)25-28-22-6-4-19(16-23(22)29-25)26(34)31-10-8-30(9-11-31)12-13-32/h1-7,14-16,32-33H,8-13H2,(H,28,29). The molecule has 5 rings (SSSR count). The fourth-order valence-corrected chi connectivity index (χ4v) is 4.53. The van der Waals surface area contributed by atoms with Gasteiger partial charge in [0.1, 0.15) is 11.6 Å². The van der Waals surface area contributed by atoms with Gasteiger partial charge in [0.15, 0.2) is 0 Å². The molecule has 2 heterocycles. The number of imidazole rings is 1. The fourth-order valence-electron chi connectivity index (χ4n) is 4.34. The lowest BCUT2D eigenvalue weighted by Crippen LogP contribution is -2.49. The van der Waals surface area contributed by atoms with Gasteiger partial charge in [0.2, 0.25) is 0 Å². The van der Waals surface area contributed by atoms with Crippen LogP contribution in [0.2, 0.25) is 5.02 Å². The van der Waals surface area contributed by atoms with Crippen LogP contribution in [0.5, 0.6) is 5.75 Å². The summed E-state index contributed by atoms with van der Waals surface area (Å²) in [6.07, 6.45) is 0. The summed E-state index contributed by atoms with van der Waals surface area (Å²) < 4.78 is 0. The van der Waals surface area contributed by atoms with E-state index in [0.29, 0.717) is 47.1 Å². The number of amides is 1. The van der Waals surface area contributed by atoms with Crippen molar-refractivity contribution in [3.05, 3.63) is 71.2 Å². The average molecular weight is 477 g/mol. The lowest BCUT2D eigenvalue weighted by Gasteiger charge is -2.34. The van der Waals surface area contributed by atoms with E-state index in [0.717, 1.165) is 29.7 Å². The van der Waals surface area contributed by atoms with E-state index in [1.165, 1.54) is 0 Å². The number of H-pyrrole nitrogens is 1. The Labute approximate surface area is 202 Å². The van der Waals surface area contributed by atoms with Crippen molar-refractivity contribution in [1.82, 2.24) is 19.8 Å². The number of aromatic amines is 1. The van der Waals surface area contributed by atoms with Crippen molar-refractivity contribution in [2.75, 3.05) is 39.3 Å². The molecule has 1 fully saturated rings. The lowest BCUT2D eigenvalue weighted by molar-refractivity contribution is 0.0615. The van der Waals surface area contributed by atoms with Gasteiger partial charge in [0, 0.05) is 43.3 Å². The number of phenolic OH excluding ortho intramolecular Hbond substituents is 1. The van der Waals surface area contributed by atoms with Gasteiger partial charge >= 0.3 is 0 Å². The Hall–Kier alpha value is -3.39. The number of carbonyl (C=O) groups is 1. The predicted molar refractivity (Wildman–Crippen MR) is 133 cm³/mol. The molecule has 3 N–H and O–H groups in total. The van der Waals surface area contributed by atoms with Gasteiger partial charge in [-0.1, -0.05) is 29.8 Å². The summed E-state index contributed by atoms with van der Waals surface area (Å²) in [6, 6.07) is 18.3. The predicted octanol–water partition coefficient (Wildman–Crippen LogP) is 4.01. The number of nitrogens with zero attached hydrogens (tertiary/aromatic N) is 3. The topological polar surface area (TPSA) is 92.7 Å². The van der Waals surface area contributed by atoms with Gasteiger partial charge in [0.25, 0.3) is 5.91 Å². The number of nitrogens with one attached hydrogen (secondary N) is 1. The summed E-state index contributed by atoms with van der Waals surface area (Å²) >= 11 is 6.14. The number of rotatable bonds is 5. The van der Waals surface area contributed by atoms with Crippen LogP contribution in [0.1, 0.15) is 10.4 Å². The third-order valence-electron chi connectivity index (χ3n) is 6.21. The zero-order valence-electron chi connectivity index (χ0n) is 18.5. The van der Waals surface area contributed by atoms with E-state index in [-0.39, 0.29) is 18.3 Å². The highest BCUT2D eigenvalue weighted by molar-refractivity contribution is 6.30. The summed E-state index contributed by atoms with van der Waals surface area (Å²) in [6.45, 7) is 3.54. The highest BCUT2D eigenvalue weighted by atomic mass is 35.5. The van der Waals surface area contributed by atoms with E-state index < -0.39 is 0 Å². The van der Waals surface area contributed by atoms with Crippen LogP contribution in [-0.4, -0.2) is 75.2 Å². The average Bonchev–Trinajstić information content (AvgIpc) is 3.28. The lowest BCUT2D eigenvalue weighted by atomic mass is 10.0. The second-order valence-corrected chi connectivity index (χ2v) is 8.85. The highest BCUT2D eigenvalue weighted by Gasteiger charge is 2.22. The van der Waals surface area contributed by atoms with Crippen LogP contribution in [0.4, 0.5) is 0 Å². The Balaban J connectivity index is 1.41. The van der Waals surface area contributed by atoms with Crippen LogP contribution in [0, 0.1) is 0 Å². The maximum absolute atomic E-state index is 13.0. The Morgan fingerprint density at radius 2 is 1.79 bits per heavy atom. The molecule has 34 heavy (non-hydrogen) atoms. The van der Waals surface area contributed by atoms with Crippen molar-refractivity contribution in [2.24, 2.45) is 0 Å². The van der Waals surface area contributed by atoms with E-state index in [1.54, 1.807) is 12.1 Å². The van der Waals surface area contributed by atoms with Gasteiger partial charge in [-0.05, 0) is 53.6 Å². The number of halogens is 1. The fraction of sp³-hybridized carbons (Fsp3) is 0.231. The zero-order valence-corrected chi connectivity index (χ0v) is 19.3. The minimum absolute atomic E-state index is 0.0208. The smallest absolute Gasteiger partial charge is 0.254 e. The van der Waals surface area contributed by atoms with Crippen LogP contribution < -0.4 is 0 Å². The number of aromatic hydroxyl groups is 1. The van der Waals surface area contributed by atoms with Crippen LogP contribution >= 0.6 is 11.6 Å².